The van der Waals surface area contributed by atoms with Gasteiger partial charge in [-0.25, -0.2) is 4.39 Å². The van der Waals surface area contributed by atoms with Crippen molar-refractivity contribution in [2.75, 3.05) is 11.9 Å². The molecule has 100 valence electrons. The van der Waals surface area contributed by atoms with E-state index < -0.39 is 0 Å². The predicted octanol–water partition coefficient (Wildman–Crippen LogP) is 3.55. The number of nitrogens with one attached hydrogen (secondary N) is 1. The molecule has 3 heteroatoms. The second-order valence-electron chi connectivity index (χ2n) is 4.83. The number of aryl methyl sites for hydroxylation is 2. The Balaban J connectivity index is 2.26. The molecule has 1 atom stereocenters. The highest BCUT2D eigenvalue weighted by Crippen LogP contribution is 2.22. The van der Waals surface area contributed by atoms with Gasteiger partial charge in [-0.1, -0.05) is 24.3 Å². The fraction of sp³-hybridized carbons (Fsp3) is 0.250. The molecule has 19 heavy (non-hydrogen) atoms. The van der Waals surface area contributed by atoms with E-state index in [1.54, 1.807) is 12.1 Å². The minimum atomic E-state index is -0.227. The zero-order valence-corrected chi connectivity index (χ0v) is 11.3. The summed E-state index contributed by atoms with van der Waals surface area (Å²) in [6.45, 7) is 4.42. The Kier molecular flexibility index (Phi) is 4.17. The van der Waals surface area contributed by atoms with Gasteiger partial charge in [0.25, 0.3) is 0 Å². The lowest BCUT2D eigenvalue weighted by molar-refractivity contribution is 0.593. The van der Waals surface area contributed by atoms with E-state index in [0.29, 0.717) is 12.1 Å². The molecule has 0 saturated heterocycles. The van der Waals surface area contributed by atoms with E-state index in [-0.39, 0.29) is 11.9 Å². The van der Waals surface area contributed by atoms with Crippen LogP contribution in [0.1, 0.15) is 22.7 Å². The number of halogens is 1. The van der Waals surface area contributed by atoms with E-state index in [2.05, 4.69) is 11.4 Å². The monoisotopic (exact) mass is 258 g/mol. The lowest BCUT2D eigenvalue weighted by Gasteiger charge is -2.20. The molecule has 0 heterocycles. The second-order valence-corrected chi connectivity index (χ2v) is 4.83. The second kappa shape index (κ2) is 5.85. The summed E-state index contributed by atoms with van der Waals surface area (Å²) in [6.07, 6.45) is 0. The molecule has 0 bridgehead atoms. The molecule has 0 radical (unpaired) electrons. The van der Waals surface area contributed by atoms with Crippen LogP contribution in [0.15, 0.2) is 42.5 Å². The summed E-state index contributed by atoms with van der Waals surface area (Å²) in [4.78, 5) is 0. The minimum Gasteiger partial charge on any atom is -0.377 e. The lowest BCUT2D eigenvalue weighted by atomic mass is 10.0. The molecule has 3 N–H and O–H groups in total. The summed E-state index contributed by atoms with van der Waals surface area (Å²) >= 11 is 0. The van der Waals surface area contributed by atoms with Crippen molar-refractivity contribution in [1.82, 2.24) is 0 Å². The van der Waals surface area contributed by atoms with Crippen LogP contribution in [0, 0.1) is 19.7 Å². The normalized spacial score (nSPS) is 12.2. The van der Waals surface area contributed by atoms with Crippen molar-refractivity contribution in [3.05, 3.63) is 65.0 Å². The third kappa shape index (κ3) is 3.32. The number of anilines is 1. The van der Waals surface area contributed by atoms with Crippen LogP contribution in [0.3, 0.4) is 0 Å². The Hall–Kier alpha value is -1.87. The van der Waals surface area contributed by atoms with Crippen LogP contribution in [0.25, 0.3) is 0 Å². The van der Waals surface area contributed by atoms with Gasteiger partial charge in [-0.3, -0.25) is 0 Å². The fourth-order valence-electron chi connectivity index (χ4n) is 2.28. The first-order valence-electron chi connectivity index (χ1n) is 6.39. The molecule has 0 aromatic heterocycles. The van der Waals surface area contributed by atoms with Gasteiger partial charge in [0.15, 0.2) is 0 Å². The fourth-order valence-corrected chi connectivity index (χ4v) is 2.28. The Bertz CT molecular complexity index is 546. The zero-order chi connectivity index (χ0) is 13.8. The van der Waals surface area contributed by atoms with Crippen LogP contribution >= 0.6 is 0 Å². The van der Waals surface area contributed by atoms with Gasteiger partial charge < -0.3 is 11.1 Å². The van der Waals surface area contributed by atoms with Crippen molar-refractivity contribution in [2.45, 2.75) is 19.9 Å². The van der Waals surface area contributed by atoms with Crippen molar-refractivity contribution in [3.63, 3.8) is 0 Å². The van der Waals surface area contributed by atoms with Crippen molar-refractivity contribution in [1.29, 1.82) is 0 Å². The number of hydrogen-bond donors (Lipinski definition) is 2. The molecule has 0 spiro atoms. The Labute approximate surface area is 113 Å². The van der Waals surface area contributed by atoms with E-state index in [9.17, 15) is 4.39 Å². The van der Waals surface area contributed by atoms with Crippen LogP contribution in [-0.2, 0) is 0 Å². The van der Waals surface area contributed by atoms with Crippen molar-refractivity contribution in [2.24, 2.45) is 5.73 Å². The molecule has 0 aliphatic heterocycles. The van der Waals surface area contributed by atoms with Crippen molar-refractivity contribution in [3.8, 4) is 0 Å². The molecule has 2 aromatic rings. The molecule has 2 aromatic carbocycles. The Morgan fingerprint density at radius 1 is 1.11 bits per heavy atom. The quantitative estimate of drug-likeness (QED) is 0.880. The topological polar surface area (TPSA) is 38.0 Å². The smallest absolute Gasteiger partial charge is 0.128 e. The number of hydrogen-bond acceptors (Lipinski definition) is 2. The van der Waals surface area contributed by atoms with Gasteiger partial charge in [0, 0.05) is 17.8 Å². The molecule has 0 aliphatic rings. The summed E-state index contributed by atoms with van der Waals surface area (Å²) in [6, 6.07) is 12.7. The average Bonchev–Trinajstić information content (AvgIpc) is 2.36. The molecule has 2 nitrogen and oxygen atoms in total. The van der Waals surface area contributed by atoms with Gasteiger partial charge >= 0.3 is 0 Å². The van der Waals surface area contributed by atoms with Gasteiger partial charge in [-0.2, -0.15) is 0 Å². The lowest BCUT2D eigenvalue weighted by Crippen LogP contribution is -2.21. The van der Waals surface area contributed by atoms with E-state index in [1.165, 1.54) is 17.2 Å². The molecule has 1 unspecified atom stereocenters. The molecule has 2 rings (SSSR count). The molecule has 0 amide bonds. The number of rotatable bonds is 4. The zero-order valence-electron chi connectivity index (χ0n) is 11.3. The highest BCUT2D eigenvalue weighted by atomic mass is 19.1. The summed E-state index contributed by atoms with van der Waals surface area (Å²) in [5.41, 5.74) is 9.68. The molecular weight excluding hydrogens is 239 g/mol. The van der Waals surface area contributed by atoms with Gasteiger partial charge in [0.05, 0.1) is 6.04 Å². The SMILES string of the molecule is Cc1cc(C)cc(NC(CN)c2ccccc2F)c1. The standard InChI is InChI=1S/C16H19FN2/c1-11-7-12(2)9-13(8-11)19-16(10-18)14-5-3-4-6-15(14)17/h3-9,16,19H,10,18H2,1-2H3. The maximum Gasteiger partial charge on any atom is 0.128 e. The first-order valence-corrected chi connectivity index (χ1v) is 6.39. The summed E-state index contributed by atoms with van der Waals surface area (Å²) in [5, 5.41) is 3.30. The van der Waals surface area contributed by atoms with Gasteiger partial charge in [-0.15, -0.1) is 0 Å². The largest absolute Gasteiger partial charge is 0.377 e. The first kappa shape index (κ1) is 13.6. The van der Waals surface area contributed by atoms with E-state index >= 15 is 0 Å². The van der Waals surface area contributed by atoms with Crippen LogP contribution < -0.4 is 11.1 Å². The highest BCUT2D eigenvalue weighted by molar-refractivity contribution is 5.50. The first-order chi connectivity index (χ1) is 9.10. The maximum atomic E-state index is 13.8. The van der Waals surface area contributed by atoms with Gasteiger partial charge in [0.2, 0.25) is 0 Å². The average molecular weight is 258 g/mol. The van der Waals surface area contributed by atoms with Gasteiger partial charge in [-0.05, 0) is 43.2 Å². The maximum absolute atomic E-state index is 13.8. The van der Waals surface area contributed by atoms with E-state index in [0.717, 1.165) is 5.69 Å². The molecule has 0 saturated carbocycles. The Morgan fingerprint density at radius 2 is 1.74 bits per heavy atom. The predicted molar refractivity (Wildman–Crippen MR) is 77.7 cm³/mol. The molecule has 0 aliphatic carbocycles. The third-order valence-corrected chi connectivity index (χ3v) is 3.08. The van der Waals surface area contributed by atoms with E-state index in [4.69, 9.17) is 5.73 Å². The van der Waals surface area contributed by atoms with E-state index in [1.807, 2.05) is 32.0 Å². The summed E-state index contributed by atoms with van der Waals surface area (Å²) in [5.74, 6) is -0.227. The van der Waals surface area contributed by atoms with Crippen LogP contribution in [-0.4, -0.2) is 6.54 Å². The van der Waals surface area contributed by atoms with Crippen LogP contribution in [0.4, 0.5) is 10.1 Å². The number of nitrogens with two attached hydrogens (primary N) is 1. The molecular formula is C16H19FN2. The van der Waals surface area contributed by atoms with Crippen LogP contribution in [0.2, 0.25) is 0 Å². The Morgan fingerprint density at radius 3 is 2.32 bits per heavy atom. The summed E-state index contributed by atoms with van der Waals surface area (Å²) in [7, 11) is 0. The van der Waals surface area contributed by atoms with Gasteiger partial charge in [0.1, 0.15) is 5.82 Å². The van der Waals surface area contributed by atoms with Crippen molar-refractivity contribution >= 4 is 5.69 Å². The summed E-state index contributed by atoms with van der Waals surface area (Å²) < 4.78 is 13.8. The van der Waals surface area contributed by atoms with Crippen molar-refractivity contribution < 1.29 is 4.39 Å². The minimum absolute atomic E-state index is 0.220. The highest BCUT2D eigenvalue weighted by Gasteiger charge is 2.13. The van der Waals surface area contributed by atoms with Crippen LogP contribution in [0.5, 0.6) is 0 Å². The number of benzene rings is 2. The third-order valence-electron chi connectivity index (χ3n) is 3.08. The molecule has 0 fully saturated rings.